The van der Waals surface area contributed by atoms with Crippen molar-refractivity contribution in [1.29, 1.82) is 0 Å². The smallest absolute Gasteiger partial charge is 0.336 e. The number of carboxylic acids is 1. The van der Waals surface area contributed by atoms with E-state index in [1.807, 2.05) is 0 Å². The highest BCUT2D eigenvalue weighted by atomic mass is 16.5. The summed E-state index contributed by atoms with van der Waals surface area (Å²) in [5, 5.41) is 19.6. The first-order valence-corrected chi connectivity index (χ1v) is 13.1. The number of carboxylic acid groups (broad SMARTS) is 1. The minimum absolute atomic E-state index is 0.187. The van der Waals surface area contributed by atoms with Crippen LogP contribution in [-0.2, 0) is 23.9 Å². The molecule has 0 radical (unpaired) electrons. The Morgan fingerprint density at radius 2 is 0.879 bits per heavy atom. The molecule has 0 aliphatic rings. The molecule has 0 saturated heterocycles. The van der Waals surface area contributed by atoms with Gasteiger partial charge in [0.2, 0.25) is 0 Å². The number of carbonyl (C=O) groups excluding carboxylic acids is 2. The minimum atomic E-state index is -2.51. The summed E-state index contributed by atoms with van der Waals surface area (Å²) in [5.41, 5.74) is -2.51. The average Bonchev–Trinajstić information content (AvgIpc) is 2.76. The molecule has 0 fully saturated rings. The summed E-state index contributed by atoms with van der Waals surface area (Å²) in [6.07, 6.45) is 16.1. The number of rotatable bonds is 23. The first-order chi connectivity index (χ1) is 15.9. The lowest BCUT2D eigenvalue weighted by atomic mass is 9.96. The molecule has 7 nitrogen and oxygen atoms in total. The van der Waals surface area contributed by atoms with Crippen LogP contribution in [0.2, 0.25) is 0 Å². The Morgan fingerprint density at radius 3 is 1.18 bits per heavy atom. The lowest BCUT2D eigenvalue weighted by Crippen LogP contribution is -2.43. The van der Waals surface area contributed by atoms with Gasteiger partial charge in [-0.1, -0.05) is 104 Å². The predicted octanol–water partition coefficient (Wildman–Crippen LogP) is 5.95. The molecular formula is C26H48O7. The van der Waals surface area contributed by atoms with Crippen molar-refractivity contribution in [2.75, 3.05) is 13.2 Å². The predicted molar refractivity (Wildman–Crippen MR) is 129 cm³/mol. The fourth-order valence-corrected chi connectivity index (χ4v) is 3.64. The molecule has 0 unspecified atom stereocenters. The largest absolute Gasteiger partial charge is 0.479 e. The number of unbranched alkanes of at least 4 members (excludes halogenated alkanes) is 14. The second-order valence-corrected chi connectivity index (χ2v) is 9.08. The van der Waals surface area contributed by atoms with E-state index in [9.17, 15) is 24.6 Å². The Morgan fingerprint density at radius 1 is 0.576 bits per heavy atom. The van der Waals surface area contributed by atoms with Gasteiger partial charge in [0.15, 0.2) is 5.60 Å². The van der Waals surface area contributed by atoms with Crippen molar-refractivity contribution >= 4 is 17.9 Å². The summed E-state index contributed by atoms with van der Waals surface area (Å²) in [7, 11) is 0. The molecule has 0 rings (SSSR count). The van der Waals surface area contributed by atoms with E-state index in [-0.39, 0.29) is 13.2 Å². The fraction of sp³-hybridized carbons (Fsp3) is 0.885. The molecule has 7 heteroatoms. The van der Waals surface area contributed by atoms with E-state index in [0.717, 1.165) is 38.5 Å². The Hall–Kier alpha value is -1.63. The van der Waals surface area contributed by atoms with Gasteiger partial charge >= 0.3 is 17.9 Å². The van der Waals surface area contributed by atoms with Gasteiger partial charge in [0.1, 0.15) is 0 Å². The molecule has 2 N–H and O–H groups in total. The lowest BCUT2D eigenvalue weighted by Gasteiger charge is -2.21. The van der Waals surface area contributed by atoms with Crippen LogP contribution in [0.25, 0.3) is 0 Å². The van der Waals surface area contributed by atoms with Crippen molar-refractivity contribution in [3.8, 4) is 0 Å². The van der Waals surface area contributed by atoms with E-state index in [1.54, 1.807) is 0 Å². The van der Waals surface area contributed by atoms with Crippen molar-refractivity contribution in [1.82, 2.24) is 0 Å². The van der Waals surface area contributed by atoms with Crippen LogP contribution in [-0.4, -0.2) is 46.9 Å². The highest BCUT2D eigenvalue weighted by Crippen LogP contribution is 2.19. The van der Waals surface area contributed by atoms with Gasteiger partial charge in [-0.2, -0.15) is 0 Å². The molecule has 0 aromatic carbocycles. The van der Waals surface area contributed by atoms with Gasteiger partial charge in [0.05, 0.1) is 26.1 Å². The van der Waals surface area contributed by atoms with Gasteiger partial charge in [-0.05, 0) is 12.8 Å². The molecule has 33 heavy (non-hydrogen) atoms. The first-order valence-electron chi connectivity index (χ1n) is 13.1. The van der Waals surface area contributed by atoms with Gasteiger partial charge in [-0.15, -0.1) is 0 Å². The normalized spacial score (nSPS) is 11.4. The summed E-state index contributed by atoms with van der Waals surface area (Å²) < 4.78 is 10.1. The quantitative estimate of drug-likeness (QED) is 0.140. The number of hydrogen-bond donors (Lipinski definition) is 2. The summed E-state index contributed by atoms with van der Waals surface area (Å²) >= 11 is 0. The van der Waals surface area contributed by atoms with E-state index in [0.29, 0.717) is 12.8 Å². The highest BCUT2D eigenvalue weighted by molar-refractivity contribution is 5.88. The molecule has 0 aliphatic carbocycles. The Balaban J connectivity index is 4.00. The third-order valence-corrected chi connectivity index (χ3v) is 5.79. The zero-order chi connectivity index (χ0) is 24.8. The van der Waals surface area contributed by atoms with Crippen LogP contribution in [0.15, 0.2) is 0 Å². The highest BCUT2D eigenvalue weighted by Gasteiger charge is 2.42. The van der Waals surface area contributed by atoms with Crippen molar-refractivity contribution in [3.05, 3.63) is 0 Å². The Labute approximate surface area is 200 Å². The van der Waals surface area contributed by atoms with E-state index in [1.165, 1.54) is 51.4 Å². The third-order valence-electron chi connectivity index (χ3n) is 5.79. The van der Waals surface area contributed by atoms with Crippen molar-refractivity contribution < 1.29 is 34.1 Å². The number of hydrogen-bond acceptors (Lipinski definition) is 6. The van der Waals surface area contributed by atoms with E-state index < -0.39 is 36.4 Å². The summed E-state index contributed by atoms with van der Waals surface area (Å²) in [4.78, 5) is 35.4. The second-order valence-electron chi connectivity index (χ2n) is 9.08. The average molecular weight is 473 g/mol. The molecule has 0 spiro atoms. The van der Waals surface area contributed by atoms with Gasteiger partial charge in [0.25, 0.3) is 0 Å². The van der Waals surface area contributed by atoms with Gasteiger partial charge in [0, 0.05) is 0 Å². The zero-order valence-electron chi connectivity index (χ0n) is 21.1. The number of aliphatic hydroxyl groups is 1. The molecule has 0 aromatic heterocycles. The minimum Gasteiger partial charge on any atom is -0.479 e. The fourth-order valence-electron chi connectivity index (χ4n) is 3.64. The SMILES string of the molecule is CCCCCCCCCCOC(=O)CC(O)(CC(=O)OCCCCCCCCCC)C(=O)O. The second kappa shape index (κ2) is 20.9. The number of carbonyl (C=O) groups is 3. The van der Waals surface area contributed by atoms with Crippen molar-refractivity contribution in [2.45, 2.75) is 135 Å². The molecule has 0 heterocycles. The van der Waals surface area contributed by atoms with Crippen LogP contribution in [0.1, 0.15) is 129 Å². The number of esters is 2. The van der Waals surface area contributed by atoms with Gasteiger partial charge in [-0.25, -0.2) is 4.79 Å². The Kier molecular flexibility index (Phi) is 19.9. The first kappa shape index (κ1) is 31.4. The maximum absolute atomic E-state index is 12.0. The van der Waals surface area contributed by atoms with E-state index >= 15 is 0 Å². The molecule has 0 aromatic rings. The van der Waals surface area contributed by atoms with Crippen molar-refractivity contribution in [2.24, 2.45) is 0 Å². The standard InChI is InChI=1S/C26H48O7/c1-3-5-7-9-11-13-15-17-19-32-23(27)21-26(31,25(29)30)22-24(28)33-20-18-16-14-12-10-8-6-4-2/h31H,3-22H2,1-2H3,(H,29,30). The summed E-state index contributed by atoms with van der Waals surface area (Å²) in [6.45, 7) is 4.74. The topological polar surface area (TPSA) is 110 Å². The van der Waals surface area contributed by atoms with Crippen LogP contribution in [0.5, 0.6) is 0 Å². The summed E-state index contributed by atoms with van der Waals surface area (Å²) in [6, 6.07) is 0. The van der Waals surface area contributed by atoms with Crippen LogP contribution < -0.4 is 0 Å². The van der Waals surface area contributed by atoms with Crippen LogP contribution in [0, 0.1) is 0 Å². The van der Waals surface area contributed by atoms with Crippen LogP contribution in [0.4, 0.5) is 0 Å². The monoisotopic (exact) mass is 472 g/mol. The molecule has 0 saturated carbocycles. The summed E-state index contributed by atoms with van der Waals surface area (Å²) in [5.74, 6) is -3.27. The van der Waals surface area contributed by atoms with E-state index in [2.05, 4.69) is 13.8 Å². The molecule has 194 valence electrons. The molecule has 0 bridgehead atoms. The maximum Gasteiger partial charge on any atom is 0.336 e. The molecular weight excluding hydrogens is 424 g/mol. The zero-order valence-corrected chi connectivity index (χ0v) is 21.1. The third kappa shape index (κ3) is 18.5. The number of aliphatic carboxylic acids is 1. The molecule has 0 amide bonds. The number of ether oxygens (including phenoxy) is 2. The Bertz CT molecular complexity index is 483. The lowest BCUT2D eigenvalue weighted by molar-refractivity contribution is -0.173. The maximum atomic E-state index is 12.0. The van der Waals surface area contributed by atoms with Crippen molar-refractivity contribution in [3.63, 3.8) is 0 Å². The molecule has 0 aliphatic heterocycles. The van der Waals surface area contributed by atoms with Gasteiger partial charge in [-0.3, -0.25) is 9.59 Å². The molecule has 0 atom stereocenters. The van der Waals surface area contributed by atoms with E-state index in [4.69, 9.17) is 9.47 Å². The van der Waals surface area contributed by atoms with Gasteiger partial charge < -0.3 is 19.7 Å². The van der Waals surface area contributed by atoms with Crippen LogP contribution in [0.3, 0.4) is 0 Å². The van der Waals surface area contributed by atoms with Crippen LogP contribution >= 0.6 is 0 Å².